The molecule has 2 atom stereocenters. The smallest absolute Gasteiger partial charge is 0.319 e. The Morgan fingerprint density at radius 2 is 1.82 bits per heavy atom. The Labute approximate surface area is 263 Å². The van der Waals surface area contributed by atoms with Crippen LogP contribution < -0.4 is 10.6 Å². The maximum absolute atomic E-state index is 14.1. The van der Waals surface area contributed by atoms with Crippen LogP contribution >= 0.6 is 0 Å². The molecular weight excluding hydrogens is 575 g/mol. The van der Waals surface area contributed by atoms with Crippen molar-refractivity contribution in [2.75, 3.05) is 32.5 Å². The van der Waals surface area contributed by atoms with Crippen LogP contribution in [-0.2, 0) is 17.6 Å². The zero-order chi connectivity index (χ0) is 32.7. The summed E-state index contributed by atoms with van der Waals surface area (Å²) >= 11 is 0. The molecule has 2 aromatic carbocycles. The minimum Gasteiger partial charge on any atom is -0.481 e. The number of carbonyl (C=O) groups excluding carboxylic acids is 1. The average molecular weight is 619 g/mol. The molecular formula is C35H43FN4O5. The number of carboxylic acid groups (broad SMARTS) is 1. The van der Waals surface area contributed by atoms with Crippen LogP contribution in [0, 0.1) is 5.82 Å². The number of urea groups is 1. The molecule has 3 aromatic rings. The van der Waals surface area contributed by atoms with Crippen LogP contribution in [0.25, 0.3) is 28.5 Å². The highest BCUT2D eigenvalue weighted by Gasteiger charge is 2.26. The van der Waals surface area contributed by atoms with Gasteiger partial charge in [0.2, 0.25) is 0 Å². The standard InChI is InChI=1S/C35H43FN4O5/c1-21(2)33-29(15-14-26(41)19-27(42)20-31(43)44)32(23-8-11-24(36)12-9-23)28-7-5-6-22-10-13-25(18-30(22)34(28)39-33)38-35(45)37-16-17-40(3)4/h8-15,18,21,26-27,41-42H,5-7,16-17,19-20H2,1-4H3,(H,43,44)(H2,37,38,45)/b15-14+/t26-,27-/m1/s1. The third-order valence-corrected chi connectivity index (χ3v) is 7.79. The highest BCUT2D eigenvalue weighted by Crippen LogP contribution is 2.42. The molecule has 1 aliphatic carbocycles. The number of fused-ring (bicyclic) bond motifs is 3. The quantitative estimate of drug-likeness (QED) is 0.182. The van der Waals surface area contributed by atoms with Crippen molar-refractivity contribution in [1.29, 1.82) is 0 Å². The minimum absolute atomic E-state index is 0.0284. The molecule has 4 rings (SSSR count). The van der Waals surface area contributed by atoms with E-state index in [4.69, 9.17) is 10.1 Å². The largest absolute Gasteiger partial charge is 0.481 e. The molecule has 240 valence electrons. The lowest BCUT2D eigenvalue weighted by molar-refractivity contribution is -0.139. The summed E-state index contributed by atoms with van der Waals surface area (Å²) in [6.45, 7) is 5.29. The molecule has 1 aromatic heterocycles. The molecule has 0 radical (unpaired) electrons. The number of aliphatic carboxylic acids is 1. The maximum Gasteiger partial charge on any atom is 0.319 e. The van der Waals surface area contributed by atoms with E-state index in [1.807, 2.05) is 51.0 Å². The van der Waals surface area contributed by atoms with Crippen molar-refractivity contribution in [2.24, 2.45) is 0 Å². The summed E-state index contributed by atoms with van der Waals surface area (Å²) in [5, 5.41) is 35.5. The fraction of sp³-hybridized carbons (Fsp3) is 0.400. The summed E-state index contributed by atoms with van der Waals surface area (Å²) in [4.78, 5) is 30.8. The van der Waals surface area contributed by atoms with Crippen LogP contribution in [0.1, 0.15) is 61.4 Å². The SMILES string of the molecule is CC(C)c1nc2c(c(-c3ccc(F)cc3)c1/C=C/[C@@H](O)C[C@@H](O)CC(=O)O)CCCc1ccc(NC(=O)NCCN(C)C)cc1-2. The van der Waals surface area contributed by atoms with Gasteiger partial charge >= 0.3 is 12.0 Å². The number of pyridine rings is 1. The third-order valence-electron chi connectivity index (χ3n) is 7.79. The summed E-state index contributed by atoms with van der Waals surface area (Å²) in [7, 11) is 3.89. The number of benzene rings is 2. The van der Waals surface area contributed by atoms with Gasteiger partial charge in [-0.05, 0) is 85.8 Å². The minimum atomic E-state index is -1.19. The van der Waals surface area contributed by atoms with E-state index in [1.165, 1.54) is 12.1 Å². The molecule has 0 saturated heterocycles. The van der Waals surface area contributed by atoms with Crippen molar-refractivity contribution in [1.82, 2.24) is 15.2 Å². The van der Waals surface area contributed by atoms with Gasteiger partial charge in [-0.1, -0.05) is 44.2 Å². The van der Waals surface area contributed by atoms with Crippen LogP contribution in [-0.4, -0.2) is 76.6 Å². The number of rotatable bonds is 12. The van der Waals surface area contributed by atoms with E-state index in [2.05, 4.69) is 10.6 Å². The second-order valence-electron chi connectivity index (χ2n) is 12.1. The van der Waals surface area contributed by atoms with Gasteiger partial charge in [-0.2, -0.15) is 0 Å². The van der Waals surface area contributed by atoms with Crippen LogP contribution in [0.2, 0.25) is 0 Å². The molecule has 2 amide bonds. The number of hydrogen-bond acceptors (Lipinski definition) is 6. The molecule has 0 saturated carbocycles. The van der Waals surface area contributed by atoms with Crippen molar-refractivity contribution in [3.63, 3.8) is 0 Å². The second-order valence-corrected chi connectivity index (χ2v) is 12.1. The Morgan fingerprint density at radius 1 is 1.09 bits per heavy atom. The van der Waals surface area contributed by atoms with Crippen molar-refractivity contribution >= 4 is 23.8 Å². The fourth-order valence-corrected chi connectivity index (χ4v) is 5.64. The number of carbonyl (C=O) groups is 2. The number of carboxylic acids is 1. The first-order valence-corrected chi connectivity index (χ1v) is 15.3. The van der Waals surface area contributed by atoms with Gasteiger partial charge in [0, 0.05) is 36.3 Å². The molecule has 0 fully saturated rings. The van der Waals surface area contributed by atoms with Crippen LogP contribution in [0.5, 0.6) is 0 Å². The van der Waals surface area contributed by atoms with E-state index in [1.54, 1.807) is 24.3 Å². The second kappa shape index (κ2) is 15.2. The molecule has 5 N–H and O–H groups in total. The van der Waals surface area contributed by atoms with Crippen LogP contribution in [0.15, 0.2) is 48.5 Å². The lowest BCUT2D eigenvalue weighted by atomic mass is 9.86. The van der Waals surface area contributed by atoms with Gasteiger partial charge < -0.3 is 30.9 Å². The summed E-state index contributed by atoms with van der Waals surface area (Å²) in [5.41, 5.74) is 7.70. The van der Waals surface area contributed by atoms with Gasteiger partial charge in [0.05, 0.1) is 30.0 Å². The molecule has 9 nitrogen and oxygen atoms in total. The van der Waals surface area contributed by atoms with E-state index < -0.39 is 24.6 Å². The van der Waals surface area contributed by atoms with E-state index in [0.717, 1.165) is 64.2 Å². The molecule has 1 aliphatic rings. The monoisotopic (exact) mass is 618 g/mol. The highest BCUT2D eigenvalue weighted by atomic mass is 19.1. The molecule has 0 aliphatic heterocycles. The lowest BCUT2D eigenvalue weighted by Crippen LogP contribution is -2.34. The van der Waals surface area contributed by atoms with Gasteiger partial charge in [-0.15, -0.1) is 0 Å². The van der Waals surface area contributed by atoms with E-state index in [-0.39, 0.29) is 24.2 Å². The lowest BCUT2D eigenvalue weighted by Gasteiger charge is -2.22. The van der Waals surface area contributed by atoms with Gasteiger partial charge in [0.15, 0.2) is 0 Å². The number of anilines is 1. The number of aliphatic hydroxyl groups is 2. The number of aliphatic hydroxyl groups excluding tert-OH is 2. The number of amides is 2. The summed E-state index contributed by atoms with van der Waals surface area (Å²) in [6, 6.07) is 11.9. The van der Waals surface area contributed by atoms with Gasteiger partial charge in [-0.25, -0.2) is 9.18 Å². The van der Waals surface area contributed by atoms with E-state index in [9.17, 15) is 24.2 Å². The normalized spacial score (nSPS) is 14.2. The van der Waals surface area contributed by atoms with Crippen molar-refractivity contribution < 1.29 is 29.3 Å². The topological polar surface area (TPSA) is 135 Å². The first-order valence-electron chi connectivity index (χ1n) is 15.3. The van der Waals surface area contributed by atoms with Crippen LogP contribution in [0.3, 0.4) is 0 Å². The summed E-state index contributed by atoms with van der Waals surface area (Å²) in [6.07, 6.45) is 2.83. The van der Waals surface area contributed by atoms with Crippen LogP contribution in [0.4, 0.5) is 14.9 Å². The number of hydrogen-bond donors (Lipinski definition) is 5. The number of nitrogens with one attached hydrogen (secondary N) is 2. The molecule has 1 heterocycles. The molecule has 0 bridgehead atoms. The molecule has 10 heteroatoms. The number of likely N-dealkylation sites (N-methyl/N-ethyl adjacent to an activating group) is 1. The Balaban J connectivity index is 1.82. The first kappa shape index (κ1) is 33.8. The summed E-state index contributed by atoms with van der Waals surface area (Å²) < 4.78 is 14.1. The first-order chi connectivity index (χ1) is 21.4. The Bertz CT molecular complexity index is 1540. The highest BCUT2D eigenvalue weighted by molar-refractivity contribution is 5.91. The van der Waals surface area contributed by atoms with Crippen molar-refractivity contribution in [2.45, 2.75) is 64.1 Å². The van der Waals surface area contributed by atoms with E-state index in [0.29, 0.717) is 18.7 Å². The molecule has 0 unspecified atom stereocenters. The average Bonchev–Trinajstić information content (AvgIpc) is 3.14. The number of aromatic nitrogens is 1. The zero-order valence-corrected chi connectivity index (χ0v) is 26.3. The maximum atomic E-state index is 14.1. The van der Waals surface area contributed by atoms with Gasteiger partial charge in [0.1, 0.15) is 5.82 Å². The Morgan fingerprint density at radius 3 is 2.49 bits per heavy atom. The molecule has 45 heavy (non-hydrogen) atoms. The van der Waals surface area contributed by atoms with Gasteiger partial charge in [0.25, 0.3) is 0 Å². The van der Waals surface area contributed by atoms with Gasteiger partial charge in [-0.3, -0.25) is 9.78 Å². The van der Waals surface area contributed by atoms with Crippen molar-refractivity contribution in [3.8, 4) is 22.4 Å². The predicted molar refractivity (Wildman–Crippen MR) is 175 cm³/mol. The third kappa shape index (κ3) is 8.97. The Hall–Kier alpha value is -4.12. The number of aryl methyl sites for hydroxylation is 1. The zero-order valence-electron chi connectivity index (χ0n) is 26.3. The van der Waals surface area contributed by atoms with E-state index >= 15 is 0 Å². The fourth-order valence-electron chi connectivity index (χ4n) is 5.64. The number of halogens is 1. The molecule has 0 spiro atoms. The van der Waals surface area contributed by atoms with Crippen molar-refractivity contribution in [3.05, 3.63) is 76.7 Å². The number of nitrogens with zero attached hydrogens (tertiary/aromatic N) is 2. The predicted octanol–water partition coefficient (Wildman–Crippen LogP) is 5.45. The summed E-state index contributed by atoms with van der Waals surface area (Å²) in [5.74, 6) is -1.52. The Kier molecular flexibility index (Phi) is 11.4.